The van der Waals surface area contributed by atoms with E-state index in [2.05, 4.69) is 265 Å². The van der Waals surface area contributed by atoms with Crippen LogP contribution >= 0.6 is 15.9 Å². The first-order valence-electron chi connectivity index (χ1n) is 41.4. The molecule has 12 aromatic rings. The molecular weight excluding hydrogens is 1390 g/mol. The van der Waals surface area contributed by atoms with Crippen LogP contribution in [0.2, 0.25) is 0 Å². The Morgan fingerprint density at radius 3 is 0.642 bits per heavy atom. The minimum Gasteiger partial charge on any atom is -0.399 e. The Morgan fingerprint density at radius 1 is 0.193 bits per heavy atom. The van der Waals surface area contributed by atoms with Crippen LogP contribution in [-0.4, -0.2) is 0 Å². The molecule has 5 heteroatoms. The normalized spacial score (nSPS) is 11.1. The van der Waals surface area contributed by atoms with Gasteiger partial charge < -0.3 is 22.9 Å². The highest BCUT2D eigenvalue weighted by molar-refractivity contribution is 9.10. The van der Waals surface area contributed by atoms with Crippen LogP contribution in [0.1, 0.15) is 203 Å². The third kappa shape index (κ3) is 22.7. The average Bonchev–Trinajstić information content (AvgIpc) is 0.778. The highest BCUT2D eigenvalue weighted by atomic mass is 79.9. The van der Waals surface area contributed by atoms with Crippen molar-refractivity contribution in [3.05, 3.63) is 298 Å². The molecule has 0 amide bonds. The van der Waals surface area contributed by atoms with Gasteiger partial charge in [-0.15, -0.1) is 0 Å². The SMILES string of the molecule is Brc1ccc(-c2ccccc2)cc1.CCCCCCc1cc(-c2ccc(-c3ccc(N)cc3)c(CC)c2)c(CCCCCC)cc1-c1ccc(-c2ccc(N)cc2)c(CC)c1.CCCCCCc1cc(-c2ccc(-c3ccc(N)cc3)c(CC)c2)c(CCCCCC)cc1-c1ccc(-c2ccc(N)cc2)c(CC)c1. The summed E-state index contributed by atoms with van der Waals surface area (Å²) < 4.78 is 1.12. The fraction of sp³-hybridized carbons (Fsp3) is 0.308. The number of hydrogen-bond donors (Lipinski definition) is 4. The molecule has 0 fully saturated rings. The number of nitrogens with two attached hydrogens (primary N) is 4. The predicted octanol–water partition coefficient (Wildman–Crippen LogP) is 29.9. The molecule has 8 N–H and O–H groups in total. The van der Waals surface area contributed by atoms with Crippen molar-refractivity contribution >= 4 is 38.7 Å². The van der Waals surface area contributed by atoms with E-state index in [0.29, 0.717) is 0 Å². The molecule has 0 unspecified atom stereocenters. The maximum absolute atomic E-state index is 6.02. The monoisotopic (exact) mass is 1500 g/mol. The van der Waals surface area contributed by atoms with Gasteiger partial charge in [-0.3, -0.25) is 0 Å². The zero-order chi connectivity index (χ0) is 76.9. The van der Waals surface area contributed by atoms with E-state index >= 15 is 0 Å². The van der Waals surface area contributed by atoms with E-state index in [-0.39, 0.29) is 0 Å². The minimum atomic E-state index is 0.804. The molecule has 0 aromatic heterocycles. The van der Waals surface area contributed by atoms with Crippen LogP contribution in [0.4, 0.5) is 22.7 Å². The molecule has 0 saturated carbocycles. The maximum atomic E-state index is 6.02. The van der Waals surface area contributed by atoms with Gasteiger partial charge in [0.15, 0.2) is 0 Å². The average molecular weight is 1510 g/mol. The Kier molecular flexibility index (Phi) is 31.8. The van der Waals surface area contributed by atoms with E-state index in [9.17, 15) is 0 Å². The van der Waals surface area contributed by atoms with Crippen molar-refractivity contribution in [2.45, 2.75) is 209 Å². The standard InChI is InChI=1S/2C46H56N2.C12H9Br/c2*1-5-9-11-13-15-37-31-46(40-22-28-44(34(8-4)30-40)36-19-25-42(48)26-20-36)38(16-14-12-10-6-2)32-45(37)39-21-27-43(33(7-3)29-39)35-17-23-41(47)24-18-35;13-12-8-6-11(7-9-12)10-4-2-1-3-5-10/h2*17-32H,5-16,47-48H2,1-4H3;1-9H. The molecule has 4 nitrogen and oxygen atoms in total. The Hall–Kier alpha value is -9.68. The molecule has 0 bridgehead atoms. The number of anilines is 4. The molecule has 0 aliphatic carbocycles. The summed E-state index contributed by atoms with van der Waals surface area (Å²) >= 11 is 3.42. The lowest BCUT2D eigenvalue weighted by Crippen LogP contribution is -2.00. The lowest BCUT2D eigenvalue weighted by molar-refractivity contribution is 0.664. The van der Waals surface area contributed by atoms with Gasteiger partial charge in [0.05, 0.1) is 0 Å². The van der Waals surface area contributed by atoms with Crippen LogP contribution < -0.4 is 22.9 Å². The number of benzene rings is 12. The van der Waals surface area contributed by atoms with E-state index in [1.165, 1.54) is 247 Å². The van der Waals surface area contributed by atoms with Gasteiger partial charge in [0.2, 0.25) is 0 Å². The third-order valence-corrected chi connectivity index (χ3v) is 22.4. The van der Waals surface area contributed by atoms with Gasteiger partial charge in [0.1, 0.15) is 0 Å². The molecule has 0 radical (unpaired) electrons. The van der Waals surface area contributed by atoms with Crippen molar-refractivity contribution in [2.75, 3.05) is 22.9 Å². The van der Waals surface area contributed by atoms with Crippen molar-refractivity contribution < 1.29 is 0 Å². The number of nitrogen functional groups attached to an aromatic ring is 4. The van der Waals surface area contributed by atoms with Crippen LogP contribution in [0.25, 0.3) is 100 Å². The molecule has 0 aliphatic heterocycles. The quantitative estimate of drug-likeness (QED) is 0.0243. The van der Waals surface area contributed by atoms with Crippen molar-refractivity contribution in [1.29, 1.82) is 0 Å². The highest BCUT2D eigenvalue weighted by Gasteiger charge is 2.20. The van der Waals surface area contributed by atoms with Gasteiger partial charge in [-0.1, -0.05) is 336 Å². The number of halogens is 1. The topological polar surface area (TPSA) is 104 Å². The highest BCUT2D eigenvalue weighted by Crippen LogP contribution is 2.42. The molecule has 12 rings (SSSR count). The summed E-state index contributed by atoms with van der Waals surface area (Å²) in [4.78, 5) is 0. The summed E-state index contributed by atoms with van der Waals surface area (Å²) in [5, 5.41) is 0. The second kappa shape index (κ2) is 42.3. The lowest BCUT2D eigenvalue weighted by Gasteiger charge is -2.20. The summed E-state index contributed by atoms with van der Waals surface area (Å²) in [6, 6.07) is 90.7. The summed E-state index contributed by atoms with van der Waals surface area (Å²) in [5.41, 5.74) is 62.4. The number of unbranched alkanes of at least 4 members (excludes halogenated alkanes) is 12. The van der Waals surface area contributed by atoms with Crippen molar-refractivity contribution in [1.82, 2.24) is 0 Å². The van der Waals surface area contributed by atoms with E-state index in [1.807, 2.05) is 54.6 Å². The van der Waals surface area contributed by atoms with Gasteiger partial charge >= 0.3 is 0 Å². The van der Waals surface area contributed by atoms with E-state index < -0.39 is 0 Å². The molecule has 109 heavy (non-hydrogen) atoms. The Balaban J connectivity index is 0.000000199. The van der Waals surface area contributed by atoms with Crippen molar-refractivity contribution in [2.24, 2.45) is 0 Å². The minimum absolute atomic E-state index is 0.804. The summed E-state index contributed by atoms with van der Waals surface area (Å²) in [6.07, 6.45) is 28.5. The van der Waals surface area contributed by atoms with E-state index in [4.69, 9.17) is 22.9 Å². The molecular formula is C104H121BrN4. The molecule has 0 saturated heterocycles. The number of rotatable bonds is 33. The van der Waals surface area contributed by atoms with E-state index in [1.54, 1.807) is 0 Å². The van der Waals surface area contributed by atoms with Crippen molar-refractivity contribution in [3.8, 4) is 100 Å². The predicted molar refractivity (Wildman–Crippen MR) is 482 cm³/mol. The zero-order valence-electron chi connectivity index (χ0n) is 66.8. The molecule has 0 atom stereocenters. The van der Waals surface area contributed by atoms with Gasteiger partial charge in [-0.2, -0.15) is 0 Å². The van der Waals surface area contributed by atoms with Crippen LogP contribution in [0.3, 0.4) is 0 Å². The second-order valence-electron chi connectivity index (χ2n) is 29.8. The summed E-state index contributed by atoms with van der Waals surface area (Å²) in [6.45, 7) is 18.3. The first-order chi connectivity index (χ1) is 53.3. The van der Waals surface area contributed by atoms with Gasteiger partial charge in [-0.05, 0) is 282 Å². The van der Waals surface area contributed by atoms with Gasteiger partial charge in [-0.25, -0.2) is 0 Å². The van der Waals surface area contributed by atoms with Crippen LogP contribution in [0.15, 0.2) is 253 Å². The fourth-order valence-electron chi connectivity index (χ4n) is 15.5. The smallest absolute Gasteiger partial charge is 0.0314 e. The van der Waals surface area contributed by atoms with Gasteiger partial charge in [0, 0.05) is 27.2 Å². The molecule has 0 heterocycles. The second-order valence-corrected chi connectivity index (χ2v) is 30.8. The lowest BCUT2D eigenvalue weighted by atomic mass is 9.84. The Bertz CT molecular complexity index is 4250. The van der Waals surface area contributed by atoms with Gasteiger partial charge in [0.25, 0.3) is 0 Å². The summed E-state index contributed by atoms with van der Waals surface area (Å²) in [5.74, 6) is 0. The van der Waals surface area contributed by atoms with Crippen molar-refractivity contribution in [3.63, 3.8) is 0 Å². The number of hydrogen-bond acceptors (Lipinski definition) is 4. The van der Waals surface area contributed by atoms with Crippen LogP contribution in [0, 0.1) is 0 Å². The summed E-state index contributed by atoms with van der Waals surface area (Å²) in [7, 11) is 0. The maximum Gasteiger partial charge on any atom is 0.0314 e. The first-order valence-corrected chi connectivity index (χ1v) is 42.2. The molecule has 0 spiro atoms. The molecule has 12 aromatic carbocycles. The van der Waals surface area contributed by atoms with E-state index in [0.717, 1.165) is 78.6 Å². The Morgan fingerprint density at radius 2 is 0.413 bits per heavy atom. The first kappa shape index (κ1) is 81.8. The largest absolute Gasteiger partial charge is 0.399 e. The molecule has 0 aliphatic rings. The fourth-order valence-corrected chi connectivity index (χ4v) is 15.8. The zero-order valence-corrected chi connectivity index (χ0v) is 68.4. The molecule has 564 valence electrons. The Labute approximate surface area is 664 Å². The number of aryl methyl sites for hydroxylation is 8. The van der Waals surface area contributed by atoms with Crippen LogP contribution in [-0.2, 0) is 51.4 Å². The third-order valence-electron chi connectivity index (χ3n) is 21.9. The van der Waals surface area contributed by atoms with Crippen LogP contribution in [0.5, 0.6) is 0 Å².